The summed E-state index contributed by atoms with van der Waals surface area (Å²) in [5.74, 6) is 0.472. The average molecular weight is 533 g/mol. The summed E-state index contributed by atoms with van der Waals surface area (Å²) in [7, 11) is 0. The highest BCUT2D eigenvalue weighted by atomic mass is 35.5. The van der Waals surface area contributed by atoms with E-state index < -0.39 is 0 Å². The van der Waals surface area contributed by atoms with Crippen LogP contribution in [0.5, 0.6) is 0 Å². The second kappa shape index (κ2) is 10.1. The van der Waals surface area contributed by atoms with Crippen LogP contribution in [0.15, 0.2) is 60.8 Å². The molecule has 0 unspecified atom stereocenters. The second-order valence-corrected chi connectivity index (χ2v) is 11.5. The molecule has 3 aliphatic rings. The number of hydrogen-bond donors (Lipinski definition) is 0. The fraction of sp³-hybridized carbons (Fsp3) is 0.433. The quantitative estimate of drug-likeness (QED) is 0.403. The fourth-order valence-electron chi connectivity index (χ4n) is 5.70. The van der Waals surface area contributed by atoms with Crippen LogP contribution in [0.3, 0.4) is 0 Å². The number of hydrogen-bond acceptors (Lipinski definition) is 4. The minimum atomic E-state index is -0.284. The van der Waals surface area contributed by atoms with Crippen LogP contribution in [0.25, 0.3) is 5.69 Å². The van der Waals surface area contributed by atoms with Crippen LogP contribution in [0.4, 0.5) is 4.79 Å². The van der Waals surface area contributed by atoms with Crippen molar-refractivity contribution >= 4 is 23.6 Å². The van der Waals surface area contributed by atoms with E-state index >= 15 is 0 Å². The van der Waals surface area contributed by atoms with Gasteiger partial charge in [0.1, 0.15) is 5.60 Å². The fourth-order valence-corrected chi connectivity index (χ4v) is 5.83. The predicted octanol–water partition coefficient (Wildman–Crippen LogP) is 6.02. The zero-order chi connectivity index (χ0) is 26.3. The van der Waals surface area contributed by atoms with Crippen molar-refractivity contribution in [3.05, 3.63) is 82.6 Å². The molecule has 3 aromatic rings. The van der Waals surface area contributed by atoms with E-state index in [0.29, 0.717) is 36.1 Å². The smallest absolute Gasteiger partial charge is 0.410 e. The lowest BCUT2D eigenvalue weighted by Gasteiger charge is -2.33. The molecule has 7 nitrogen and oxygen atoms in total. The van der Waals surface area contributed by atoms with E-state index in [1.165, 1.54) is 5.56 Å². The monoisotopic (exact) mass is 532 g/mol. The molecule has 1 atom stereocenters. The maximum absolute atomic E-state index is 13.9. The Morgan fingerprint density at radius 2 is 1.58 bits per heavy atom. The van der Waals surface area contributed by atoms with Gasteiger partial charge in [0.2, 0.25) is 0 Å². The van der Waals surface area contributed by atoms with Gasteiger partial charge in [0.05, 0.1) is 23.1 Å². The lowest BCUT2D eigenvalue weighted by Crippen LogP contribution is -2.40. The van der Waals surface area contributed by atoms with Crippen molar-refractivity contribution in [3.8, 4) is 5.69 Å². The van der Waals surface area contributed by atoms with Crippen molar-refractivity contribution in [2.75, 3.05) is 26.2 Å². The molecule has 0 N–H and O–H groups in total. The van der Waals surface area contributed by atoms with Gasteiger partial charge in [-0.15, -0.1) is 0 Å². The van der Waals surface area contributed by atoms with Gasteiger partial charge >= 0.3 is 6.09 Å². The van der Waals surface area contributed by atoms with E-state index in [4.69, 9.17) is 21.4 Å². The Morgan fingerprint density at radius 3 is 2.26 bits per heavy atom. The maximum Gasteiger partial charge on any atom is 0.410 e. The van der Waals surface area contributed by atoms with E-state index in [1.54, 1.807) is 11.1 Å². The van der Waals surface area contributed by atoms with Gasteiger partial charge < -0.3 is 14.5 Å². The van der Waals surface area contributed by atoms with E-state index in [1.807, 2.05) is 46.8 Å². The summed E-state index contributed by atoms with van der Waals surface area (Å²) in [6.07, 6.45) is 5.81. The van der Waals surface area contributed by atoms with Gasteiger partial charge in [-0.3, -0.25) is 4.79 Å². The summed E-state index contributed by atoms with van der Waals surface area (Å²) in [5, 5.41) is 5.34. The Bertz CT molecular complexity index is 1310. The topological polar surface area (TPSA) is 67.7 Å². The van der Waals surface area contributed by atoms with Crippen molar-refractivity contribution in [1.29, 1.82) is 0 Å². The molecule has 38 heavy (non-hydrogen) atoms. The lowest BCUT2D eigenvalue weighted by molar-refractivity contribution is 0.0517. The summed E-state index contributed by atoms with van der Waals surface area (Å²) in [4.78, 5) is 30.3. The summed E-state index contributed by atoms with van der Waals surface area (Å²) in [6, 6.07) is 18.0. The molecule has 2 aromatic carbocycles. The molecule has 0 bridgehead atoms. The van der Waals surface area contributed by atoms with Crippen molar-refractivity contribution in [2.24, 2.45) is 0 Å². The molecule has 3 fully saturated rings. The van der Waals surface area contributed by atoms with Gasteiger partial charge in [-0.2, -0.15) is 5.10 Å². The van der Waals surface area contributed by atoms with E-state index in [0.717, 1.165) is 50.0 Å². The maximum atomic E-state index is 13.9. The van der Waals surface area contributed by atoms with E-state index in [-0.39, 0.29) is 23.5 Å². The minimum absolute atomic E-state index is 0.0298. The third kappa shape index (κ3) is 5.04. The zero-order valence-electron chi connectivity index (χ0n) is 21.7. The van der Waals surface area contributed by atoms with Crippen LogP contribution in [-0.2, 0) is 4.74 Å². The standard InChI is InChI=1S/C30H33ClN4O3/c1-30(14-15-30)38-29(37)33-16-11-22(12-17-33)27-26(19-32-35(27)25-9-7-24(31)8-10-25)28(36)34-18-13-23(20-34)21-5-3-2-4-6-21/h2-10,19,22-23H,11-18,20H2,1H3/t23-/m0/s1. The number of piperidine rings is 1. The molecule has 0 spiro atoms. The molecule has 3 heterocycles. The van der Waals surface area contributed by atoms with E-state index in [2.05, 4.69) is 24.3 Å². The first-order chi connectivity index (χ1) is 18.4. The molecule has 198 valence electrons. The molecule has 1 aliphatic carbocycles. The molecule has 2 amide bonds. The number of amides is 2. The van der Waals surface area contributed by atoms with Gasteiger partial charge in [-0.25, -0.2) is 9.48 Å². The Hall–Kier alpha value is -3.32. The predicted molar refractivity (Wildman–Crippen MR) is 146 cm³/mol. The summed E-state index contributed by atoms with van der Waals surface area (Å²) in [5.41, 5.74) is 3.44. The van der Waals surface area contributed by atoms with Gasteiger partial charge in [0, 0.05) is 43.0 Å². The SMILES string of the molecule is CC1(OC(=O)N2CCC(c3c(C(=O)N4CC[C@H](c5ccccc5)C4)cnn3-c3ccc(Cl)cc3)CC2)CC1. The van der Waals surface area contributed by atoms with E-state index in [9.17, 15) is 9.59 Å². The number of carbonyl (C=O) groups is 2. The highest BCUT2D eigenvalue weighted by Gasteiger charge is 2.43. The number of rotatable bonds is 5. The number of likely N-dealkylation sites (tertiary alicyclic amines) is 2. The number of halogens is 1. The second-order valence-electron chi connectivity index (χ2n) is 11.1. The Morgan fingerprint density at radius 1 is 0.921 bits per heavy atom. The van der Waals surface area contributed by atoms with Crippen LogP contribution in [0.2, 0.25) is 5.02 Å². The van der Waals surface area contributed by atoms with Crippen molar-refractivity contribution < 1.29 is 14.3 Å². The number of benzene rings is 2. The summed E-state index contributed by atoms with van der Waals surface area (Å²) in [6.45, 7) is 4.61. The molecule has 1 saturated carbocycles. The van der Waals surface area contributed by atoms with Crippen LogP contribution in [0.1, 0.15) is 72.5 Å². The Labute approximate surface area is 228 Å². The molecule has 2 saturated heterocycles. The third-order valence-corrected chi connectivity index (χ3v) is 8.53. The summed E-state index contributed by atoms with van der Waals surface area (Å²) >= 11 is 6.15. The highest BCUT2D eigenvalue weighted by Crippen LogP contribution is 2.40. The largest absolute Gasteiger partial charge is 0.443 e. The molecule has 2 aliphatic heterocycles. The first-order valence-corrected chi connectivity index (χ1v) is 13.9. The van der Waals surface area contributed by atoms with Gasteiger partial charge in [0.25, 0.3) is 5.91 Å². The third-order valence-electron chi connectivity index (χ3n) is 8.28. The first-order valence-electron chi connectivity index (χ1n) is 13.6. The summed E-state index contributed by atoms with van der Waals surface area (Å²) < 4.78 is 7.58. The van der Waals surface area contributed by atoms with Crippen LogP contribution >= 0.6 is 11.6 Å². The molecule has 1 aromatic heterocycles. The zero-order valence-corrected chi connectivity index (χ0v) is 22.4. The van der Waals surface area contributed by atoms with Crippen LogP contribution in [-0.4, -0.2) is 63.4 Å². The Balaban J connectivity index is 1.24. The van der Waals surface area contributed by atoms with Crippen LogP contribution in [0, 0.1) is 0 Å². The van der Waals surface area contributed by atoms with Gasteiger partial charge in [0.15, 0.2) is 0 Å². The Kier molecular flexibility index (Phi) is 6.64. The van der Waals surface area contributed by atoms with Gasteiger partial charge in [-0.05, 0) is 68.9 Å². The number of carbonyl (C=O) groups excluding carboxylic acids is 2. The normalized spacial score (nSPS) is 20.9. The molecule has 0 radical (unpaired) electrons. The minimum Gasteiger partial charge on any atom is -0.443 e. The molecular weight excluding hydrogens is 500 g/mol. The van der Waals surface area contributed by atoms with Crippen molar-refractivity contribution in [3.63, 3.8) is 0 Å². The highest BCUT2D eigenvalue weighted by molar-refractivity contribution is 6.30. The van der Waals surface area contributed by atoms with Gasteiger partial charge in [-0.1, -0.05) is 41.9 Å². The lowest BCUT2D eigenvalue weighted by atomic mass is 9.90. The molecular formula is C30H33ClN4O3. The number of nitrogens with zero attached hydrogens (tertiary/aromatic N) is 4. The first kappa shape index (κ1) is 25.0. The molecule has 8 heteroatoms. The number of aromatic nitrogens is 2. The number of ether oxygens (including phenoxy) is 1. The molecule has 6 rings (SSSR count). The average Bonchev–Trinajstić information content (AvgIpc) is 3.33. The van der Waals surface area contributed by atoms with Crippen molar-refractivity contribution in [1.82, 2.24) is 19.6 Å². The van der Waals surface area contributed by atoms with Crippen molar-refractivity contribution in [2.45, 2.75) is 56.5 Å². The van der Waals surface area contributed by atoms with Crippen LogP contribution < -0.4 is 0 Å².